The van der Waals surface area contributed by atoms with Crippen LogP contribution in [0.25, 0.3) is 0 Å². The molecule has 0 radical (unpaired) electrons. The van der Waals surface area contributed by atoms with Gasteiger partial charge in [-0.2, -0.15) is 0 Å². The van der Waals surface area contributed by atoms with Crippen LogP contribution in [-0.4, -0.2) is 17.4 Å². The highest BCUT2D eigenvalue weighted by Gasteiger charge is 2.25. The Morgan fingerprint density at radius 2 is 2.05 bits per heavy atom. The summed E-state index contributed by atoms with van der Waals surface area (Å²) in [6, 6.07) is 7.61. The minimum Gasteiger partial charge on any atom is -0.398 e. The van der Waals surface area contributed by atoms with E-state index in [4.69, 9.17) is 5.73 Å². The molecule has 0 fully saturated rings. The van der Waals surface area contributed by atoms with Gasteiger partial charge in [0, 0.05) is 30.3 Å². The molecule has 118 valence electrons. The molecule has 6 heteroatoms. The molecule has 1 aromatic carbocycles. The largest absolute Gasteiger partial charge is 0.398 e. The molecular formula is C16H19Cl2N3O. The second kappa shape index (κ2) is 7.47. The Labute approximate surface area is 142 Å². The van der Waals surface area contributed by atoms with Crippen LogP contribution >= 0.6 is 24.8 Å². The highest BCUT2D eigenvalue weighted by atomic mass is 35.5. The van der Waals surface area contributed by atoms with Crippen molar-refractivity contribution in [3.8, 4) is 0 Å². The van der Waals surface area contributed by atoms with Gasteiger partial charge < -0.3 is 10.6 Å². The molecule has 0 atom stereocenters. The van der Waals surface area contributed by atoms with Gasteiger partial charge in [0.1, 0.15) is 0 Å². The molecule has 1 aliphatic heterocycles. The number of benzene rings is 1. The van der Waals surface area contributed by atoms with Crippen LogP contribution in [0, 0.1) is 6.92 Å². The van der Waals surface area contributed by atoms with Gasteiger partial charge in [-0.3, -0.25) is 9.78 Å². The lowest BCUT2D eigenvalue weighted by Crippen LogP contribution is -2.36. The first kappa shape index (κ1) is 18.3. The van der Waals surface area contributed by atoms with E-state index in [1.54, 1.807) is 12.4 Å². The smallest absolute Gasteiger partial charge is 0.260 e. The molecule has 3 rings (SSSR count). The van der Waals surface area contributed by atoms with E-state index in [-0.39, 0.29) is 30.7 Å². The van der Waals surface area contributed by atoms with E-state index in [1.807, 2.05) is 36.1 Å². The standard InChI is InChI=1S/C16H17N3O.2ClH/c1-11-7-8-18-10-13(11)16(20)19-9-3-4-12-14(17)5-2-6-15(12)19;;/h2,5-8,10H,3-4,9,17H2,1H3;2*1H. The van der Waals surface area contributed by atoms with Gasteiger partial charge in [0.15, 0.2) is 0 Å². The summed E-state index contributed by atoms with van der Waals surface area (Å²) < 4.78 is 0. The predicted octanol–water partition coefficient (Wildman–Crippen LogP) is 3.41. The van der Waals surface area contributed by atoms with Crippen LogP contribution in [0.1, 0.15) is 27.9 Å². The topological polar surface area (TPSA) is 59.2 Å². The first-order valence-corrected chi connectivity index (χ1v) is 6.78. The first-order chi connectivity index (χ1) is 9.68. The van der Waals surface area contributed by atoms with Crippen LogP contribution in [-0.2, 0) is 6.42 Å². The molecule has 2 N–H and O–H groups in total. The SMILES string of the molecule is Cc1ccncc1C(=O)N1CCCc2c(N)cccc21.Cl.Cl. The number of halogens is 2. The van der Waals surface area contributed by atoms with E-state index in [9.17, 15) is 4.79 Å². The lowest BCUT2D eigenvalue weighted by atomic mass is 9.98. The number of anilines is 2. The van der Waals surface area contributed by atoms with E-state index in [0.29, 0.717) is 5.56 Å². The normalized spacial score (nSPS) is 12.7. The summed E-state index contributed by atoms with van der Waals surface area (Å²) >= 11 is 0. The van der Waals surface area contributed by atoms with Crippen molar-refractivity contribution in [2.45, 2.75) is 19.8 Å². The number of rotatable bonds is 1. The van der Waals surface area contributed by atoms with Crippen LogP contribution in [0.4, 0.5) is 11.4 Å². The maximum Gasteiger partial charge on any atom is 0.260 e. The Bertz CT molecular complexity index is 676. The highest BCUT2D eigenvalue weighted by Crippen LogP contribution is 2.32. The summed E-state index contributed by atoms with van der Waals surface area (Å²) in [5, 5.41) is 0. The maximum absolute atomic E-state index is 12.7. The molecule has 1 aromatic heterocycles. The molecule has 2 heterocycles. The third kappa shape index (κ3) is 3.18. The van der Waals surface area contributed by atoms with Gasteiger partial charge in [0.25, 0.3) is 5.91 Å². The quantitative estimate of drug-likeness (QED) is 0.810. The highest BCUT2D eigenvalue weighted by molar-refractivity contribution is 6.07. The average molecular weight is 340 g/mol. The van der Waals surface area contributed by atoms with Crippen LogP contribution < -0.4 is 10.6 Å². The fourth-order valence-corrected chi connectivity index (χ4v) is 2.70. The van der Waals surface area contributed by atoms with Crippen LogP contribution in [0.15, 0.2) is 36.7 Å². The Kier molecular flexibility index (Phi) is 6.21. The van der Waals surface area contributed by atoms with Gasteiger partial charge in [-0.15, -0.1) is 24.8 Å². The molecule has 0 bridgehead atoms. The Morgan fingerprint density at radius 3 is 2.77 bits per heavy atom. The van der Waals surface area contributed by atoms with Crippen LogP contribution in [0.5, 0.6) is 0 Å². The Morgan fingerprint density at radius 1 is 1.27 bits per heavy atom. The number of aromatic nitrogens is 1. The zero-order valence-electron chi connectivity index (χ0n) is 12.3. The number of hydrogen-bond donors (Lipinski definition) is 1. The molecule has 0 unspecified atom stereocenters. The van der Waals surface area contributed by atoms with Crippen molar-refractivity contribution in [1.29, 1.82) is 0 Å². The average Bonchev–Trinajstić information content (AvgIpc) is 2.47. The zero-order valence-corrected chi connectivity index (χ0v) is 13.9. The Balaban J connectivity index is 0.00000121. The van der Waals surface area contributed by atoms with E-state index in [0.717, 1.165) is 41.9 Å². The summed E-state index contributed by atoms with van der Waals surface area (Å²) in [4.78, 5) is 18.6. The van der Waals surface area contributed by atoms with Gasteiger partial charge in [-0.25, -0.2) is 0 Å². The van der Waals surface area contributed by atoms with Crippen molar-refractivity contribution in [3.63, 3.8) is 0 Å². The molecule has 0 saturated heterocycles. The predicted molar refractivity (Wildman–Crippen MR) is 94.3 cm³/mol. The number of carbonyl (C=O) groups excluding carboxylic acids is 1. The minimum absolute atomic E-state index is 0. The zero-order chi connectivity index (χ0) is 14.1. The fraction of sp³-hybridized carbons (Fsp3) is 0.250. The number of nitrogens with zero attached hydrogens (tertiary/aromatic N) is 2. The number of hydrogen-bond acceptors (Lipinski definition) is 3. The molecule has 0 spiro atoms. The number of nitrogen functional groups attached to an aromatic ring is 1. The molecule has 4 nitrogen and oxygen atoms in total. The summed E-state index contributed by atoms with van der Waals surface area (Å²) in [6.45, 7) is 2.66. The van der Waals surface area contributed by atoms with Gasteiger partial charge in [-0.1, -0.05) is 6.07 Å². The molecule has 22 heavy (non-hydrogen) atoms. The van der Waals surface area contributed by atoms with Crippen molar-refractivity contribution in [3.05, 3.63) is 53.3 Å². The van der Waals surface area contributed by atoms with E-state index >= 15 is 0 Å². The maximum atomic E-state index is 12.7. The third-order valence-electron chi connectivity index (χ3n) is 3.80. The van der Waals surface area contributed by atoms with Crippen LogP contribution in [0.3, 0.4) is 0 Å². The van der Waals surface area contributed by atoms with Gasteiger partial charge >= 0.3 is 0 Å². The number of carbonyl (C=O) groups is 1. The van der Waals surface area contributed by atoms with Crippen molar-refractivity contribution < 1.29 is 4.79 Å². The summed E-state index contributed by atoms with van der Waals surface area (Å²) in [5.41, 5.74) is 10.4. The number of pyridine rings is 1. The number of amides is 1. The fourth-order valence-electron chi connectivity index (χ4n) is 2.70. The molecule has 0 aliphatic carbocycles. The van der Waals surface area contributed by atoms with Crippen molar-refractivity contribution in [2.75, 3.05) is 17.2 Å². The molecule has 0 saturated carbocycles. The number of nitrogens with two attached hydrogens (primary N) is 1. The van der Waals surface area contributed by atoms with E-state index in [2.05, 4.69) is 4.98 Å². The summed E-state index contributed by atoms with van der Waals surface area (Å²) in [5.74, 6) is 0.00199. The molecular weight excluding hydrogens is 321 g/mol. The molecule has 1 amide bonds. The first-order valence-electron chi connectivity index (χ1n) is 6.78. The van der Waals surface area contributed by atoms with Crippen LogP contribution in [0.2, 0.25) is 0 Å². The molecule has 2 aromatic rings. The molecule has 1 aliphatic rings. The van der Waals surface area contributed by atoms with Crippen molar-refractivity contribution in [1.82, 2.24) is 4.98 Å². The van der Waals surface area contributed by atoms with Crippen molar-refractivity contribution >= 4 is 42.1 Å². The second-order valence-corrected chi connectivity index (χ2v) is 5.10. The lowest BCUT2D eigenvalue weighted by Gasteiger charge is -2.30. The van der Waals surface area contributed by atoms with Gasteiger partial charge in [0.2, 0.25) is 0 Å². The second-order valence-electron chi connectivity index (χ2n) is 5.10. The third-order valence-corrected chi connectivity index (χ3v) is 3.80. The van der Waals surface area contributed by atoms with E-state index in [1.165, 1.54) is 0 Å². The minimum atomic E-state index is 0. The summed E-state index contributed by atoms with van der Waals surface area (Å²) in [6.07, 6.45) is 5.20. The number of aryl methyl sites for hydroxylation is 1. The van der Waals surface area contributed by atoms with Gasteiger partial charge in [0.05, 0.1) is 5.56 Å². The Hall–Kier alpha value is -1.78. The van der Waals surface area contributed by atoms with Crippen molar-refractivity contribution in [2.24, 2.45) is 0 Å². The van der Waals surface area contributed by atoms with Gasteiger partial charge in [-0.05, 0) is 49.1 Å². The summed E-state index contributed by atoms with van der Waals surface area (Å²) in [7, 11) is 0. The van der Waals surface area contributed by atoms with E-state index < -0.39 is 0 Å². The number of fused-ring (bicyclic) bond motifs is 1. The monoisotopic (exact) mass is 339 g/mol. The lowest BCUT2D eigenvalue weighted by molar-refractivity contribution is 0.0984.